The highest BCUT2D eigenvalue weighted by Gasteiger charge is 2.16. The molecule has 1 rings (SSSR count). The fourth-order valence-electron chi connectivity index (χ4n) is 2.27. The highest BCUT2D eigenvalue weighted by atomic mass is 19.1. The predicted molar refractivity (Wildman–Crippen MR) is 71.2 cm³/mol. The van der Waals surface area contributed by atoms with Crippen LogP contribution in [0.4, 0.5) is 8.78 Å². The first-order chi connectivity index (χ1) is 8.58. The third kappa shape index (κ3) is 4.37. The molecule has 0 spiro atoms. The van der Waals surface area contributed by atoms with E-state index in [-0.39, 0.29) is 6.04 Å². The third-order valence-corrected chi connectivity index (χ3v) is 3.49. The molecular weight excluding hydrogens is 232 g/mol. The van der Waals surface area contributed by atoms with Crippen LogP contribution in [-0.2, 0) is 0 Å². The molecule has 0 aliphatic heterocycles. The molecule has 0 amide bonds. The molecule has 0 fully saturated rings. The van der Waals surface area contributed by atoms with Crippen LogP contribution in [0.25, 0.3) is 0 Å². The van der Waals surface area contributed by atoms with Gasteiger partial charge in [-0.1, -0.05) is 45.6 Å². The van der Waals surface area contributed by atoms with Gasteiger partial charge in [0, 0.05) is 17.7 Å². The molecule has 0 saturated heterocycles. The highest BCUT2D eigenvalue weighted by molar-refractivity contribution is 5.21. The van der Waals surface area contributed by atoms with E-state index in [4.69, 9.17) is 5.73 Å². The quantitative estimate of drug-likeness (QED) is 0.758. The number of hydrogen-bond donors (Lipinski definition) is 1. The summed E-state index contributed by atoms with van der Waals surface area (Å²) in [5, 5.41) is 0. The molecule has 1 nitrogen and oxygen atoms in total. The molecule has 0 heterocycles. The van der Waals surface area contributed by atoms with Crippen molar-refractivity contribution in [2.75, 3.05) is 0 Å². The lowest BCUT2D eigenvalue weighted by atomic mass is 9.89. The van der Waals surface area contributed by atoms with Gasteiger partial charge in [0.25, 0.3) is 0 Å². The highest BCUT2D eigenvalue weighted by Crippen LogP contribution is 2.26. The van der Waals surface area contributed by atoms with E-state index in [9.17, 15) is 8.78 Å². The Morgan fingerprint density at radius 1 is 1.22 bits per heavy atom. The molecule has 0 radical (unpaired) electrons. The van der Waals surface area contributed by atoms with Gasteiger partial charge < -0.3 is 5.73 Å². The van der Waals surface area contributed by atoms with Gasteiger partial charge in [0.2, 0.25) is 0 Å². The van der Waals surface area contributed by atoms with Crippen molar-refractivity contribution in [3.63, 3.8) is 0 Å². The van der Waals surface area contributed by atoms with Gasteiger partial charge in [0.1, 0.15) is 11.6 Å². The van der Waals surface area contributed by atoms with Crippen molar-refractivity contribution in [3.05, 3.63) is 35.4 Å². The van der Waals surface area contributed by atoms with Gasteiger partial charge in [0.15, 0.2) is 0 Å². The maximum Gasteiger partial charge on any atom is 0.130 e. The molecule has 3 heteroatoms. The standard InChI is InChI=1S/C15H23F2N/c1-3-5-6-11(4-2)9-15(18)13-8-7-12(16)10-14(13)17/h7-8,10-11,15H,3-6,9,18H2,1-2H3. The number of unbranched alkanes of at least 4 members (excludes halogenated alkanes) is 1. The van der Waals surface area contributed by atoms with Gasteiger partial charge in [-0.05, 0) is 18.4 Å². The van der Waals surface area contributed by atoms with Gasteiger partial charge in [-0.25, -0.2) is 8.78 Å². The summed E-state index contributed by atoms with van der Waals surface area (Å²) in [5.41, 5.74) is 6.45. The summed E-state index contributed by atoms with van der Waals surface area (Å²) < 4.78 is 26.4. The second kappa shape index (κ2) is 7.47. The number of benzene rings is 1. The van der Waals surface area contributed by atoms with Crippen LogP contribution in [0.2, 0.25) is 0 Å². The van der Waals surface area contributed by atoms with Crippen molar-refractivity contribution in [2.24, 2.45) is 11.7 Å². The van der Waals surface area contributed by atoms with Gasteiger partial charge in [-0.3, -0.25) is 0 Å². The predicted octanol–water partition coefficient (Wildman–Crippen LogP) is 4.57. The van der Waals surface area contributed by atoms with E-state index >= 15 is 0 Å². The van der Waals surface area contributed by atoms with Crippen LogP contribution in [0.5, 0.6) is 0 Å². The van der Waals surface area contributed by atoms with Gasteiger partial charge in [0.05, 0.1) is 0 Å². The summed E-state index contributed by atoms with van der Waals surface area (Å²) in [4.78, 5) is 0. The average Bonchev–Trinajstić information content (AvgIpc) is 2.34. The first kappa shape index (κ1) is 15.1. The van der Waals surface area contributed by atoms with Crippen molar-refractivity contribution in [1.29, 1.82) is 0 Å². The lowest BCUT2D eigenvalue weighted by Crippen LogP contribution is -2.17. The van der Waals surface area contributed by atoms with E-state index in [1.165, 1.54) is 18.6 Å². The fourth-order valence-corrected chi connectivity index (χ4v) is 2.27. The van der Waals surface area contributed by atoms with E-state index in [2.05, 4.69) is 13.8 Å². The molecule has 2 N–H and O–H groups in total. The Labute approximate surface area is 108 Å². The summed E-state index contributed by atoms with van der Waals surface area (Å²) in [7, 11) is 0. The normalized spacial score (nSPS) is 14.5. The molecule has 0 bridgehead atoms. The Morgan fingerprint density at radius 2 is 1.94 bits per heavy atom. The summed E-state index contributed by atoms with van der Waals surface area (Å²) in [6, 6.07) is 3.29. The summed E-state index contributed by atoms with van der Waals surface area (Å²) in [6.45, 7) is 4.29. The smallest absolute Gasteiger partial charge is 0.130 e. The van der Waals surface area contributed by atoms with Crippen molar-refractivity contribution < 1.29 is 8.78 Å². The SMILES string of the molecule is CCCCC(CC)CC(N)c1ccc(F)cc1F. The topological polar surface area (TPSA) is 26.0 Å². The van der Waals surface area contributed by atoms with E-state index < -0.39 is 11.6 Å². The van der Waals surface area contributed by atoms with Crippen molar-refractivity contribution in [2.45, 2.75) is 52.0 Å². The van der Waals surface area contributed by atoms with Gasteiger partial charge in [-0.2, -0.15) is 0 Å². The van der Waals surface area contributed by atoms with E-state index in [1.54, 1.807) is 0 Å². The largest absolute Gasteiger partial charge is 0.324 e. The zero-order chi connectivity index (χ0) is 13.5. The molecule has 0 aromatic heterocycles. The second-order valence-corrected chi connectivity index (χ2v) is 4.92. The van der Waals surface area contributed by atoms with Crippen LogP contribution in [-0.4, -0.2) is 0 Å². The van der Waals surface area contributed by atoms with Crippen LogP contribution in [0, 0.1) is 17.6 Å². The zero-order valence-electron chi connectivity index (χ0n) is 11.3. The Kier molecular flexibility index (Phi) is 6.27. The van der Waals surface area contributed by atoms with Crippen molar-refractivity contribution in [3.8, 4) is 0 Å². The van der Waals surface area contributed by atoms with Crippen LogP contribution in [0.1, 0.15) is 57.6 Å². The van der Waals surface area contributed by atoms with E-state index in [0.717, 1.165) is 31.7 Å². The molecule has 1 aromatic carbocycles. The molecule has 0 saturated carbocycles. The van der Waals surface area contributed by atoms with E-state index in [0.29, 0.717) is 11.5 Å². The molecule has 0 aliphatic carbocycles. The van der Waals surface area contributed by atoms with Gasteiger partial charge >= 0.3 is 0 Å². The molecule has 2 atom stereocenters. The van der Waals surface area contributed by atoms with Crippen LogP contribution in [0.15, 0.2) is 18.2 Å². The number of halogens is 2. The van der Waals surface area contributed by atoms with Gasteiger partial charge in [-0.15, -0.1) is 0 Å². The Balaban J connectivity index is 2.65. The first-order valence-electron chi connectivity index (χ1n) is 6.79. The minimum atomic E-state index is -0.554. The lowest BCUT2D eigenvalue weighted by molar-refractivity contribution is 0.383. The monoisotopic (exact) mass is 255 g/mol. The number of hydrogen-bond acceptors (Lipinski definition) is 1. The van der Waals surface area contributed by atoms with E-state index in [1.807, 2.05) is 0 Å². The fraction of sp³-hybridized carbons (Fsp3) is 0.600. The summed E-state index contributed by atoms with van der Waals surface area (Å²) in [5.74, 6) is -0.571. The summed E-state index contributed by atoms with van der Waals surface area (Å²) in [6.07, 6.45) is 5.28. The molecule has 0 aliphatic rings. The molecular formula is C15H23F2N. The Bertz CT molecular complexity index is 366. The maximum absolute atomic E-state index is 13.6. The lowest BCUT2D eigenvalue weighted by Gasteiger charge is -2.20. The van der Waals surface area contributed by atoms with Crippen molar-refractivity contribution in [1.82, 2.24) is 0 Å². The van der Waals surface area contributed by atoms with Crippen LogP contribution >= 0.6 is 0 Å². The minimum absolute atomic E-state index is 0.340. The zero-order valence-corrected chi connectivity index (χ0v) is 11.3. The van der Waals surface area contributed by atoms with Crippen LogP contribution in [0.3, 0.4) is 0 Å². The Hall–Kier alpha value is -0.960. The second-order valence-electron chi connectivity index (χ2n) is 4.92. The average molecular weight is 255 g/mol. The molecule has 2 unspecified atom stereocenters. The molecule has 18 heavy (non-hydrogen) atoms. The maximum atomic E-state index is 13.6. The first-order valence-corrected chi connectivity index (χ1v) is 6.79. The number of nitrogens with two attached hydrogens (primary N) is 1. The third-order valence-electron chi connectivity index (χ3n) is 3.49. The minimum Gasteiger partial charge on any atom is -0.324 e. The molecule has 1 aromatic rings. The summed E-state index contributed by atoms with van der Waals surface area (Å²) >= 11 is 0. The van der Waals surface area contributed by atoms with Crippen molar-refractivity contribution >= 4 is 0 Å². The molecule has 102 valence electrons. The number of rotatable bonds is 7. The van der Waals surface area contributed by atoms with Crippen LogP contribution < -0.4 is 5.73 Å². The Morgan fingerprint density at radius 3 is 2.50 bits per heavy atom.